The molecule has 0 heterocycles. The van der Waals surface area contributed by atoms with Gasteiger partial charge in [-0.15, -0.1) is 0 Å². The van der Waals surface area contributed by atoms with Crippen molar-refractivity contribution in [1.29, 1.82) is 0 Å². The summed E-state index contributed by atoms with van der Waals surface area (Å²) in [5, 5.41) is 18.8. The van der Waals surface area contributed by atoms with Crippen LogP contribution in [0.2, 0.25) is 0 Å². The molecule has 0 aromatic rings. The second kappa shape index (κ2) is 9.75. The maximum atomic E-state index is 11.7. The monoisotopic (exact) mass is 288 g/mol. The molecule has 118 valence electrons. The van der Waals surface area contributed by atoms with Crippen molar-refractivity contribution in [2.75, 3.05) is 13.7 Å². The lowest BCUT2D eigenvalue weighted by atomic mass is 9.72. The lowest BCUT2D eigenvalue weighted by Gasteiger charge is -2.31. The molecule has 2 atom stereocenters. The van der Waals surface area contributed by atoms with Crippen LogP contribution in [-0.2, 0) is 14.3 Å². The molecule has 0 aliphatic rings. The van der Waals surface area contributed by atoms with E-state index in [-0.39, 0.29) is 6.42 Å². The second-order valence-corrected chi connectivity index (χ2v) is 5.43. The molecule has 2 N–H and O–H groups in total. The summed E-state index contributed by atoms with van der Waals surface area (Å²) in [7, 11) is 1.53. The number of unbranched alkanes of at least 4 members (excludes halogenated alkanes) is 2. The molecule has 5 nitrogen and oxygen atoms in total. The van der Waals surface area contributed by atoms with Gasteiger partial charge in [0.15, 0.2) is 0 Å². The summed E-state index contributed by atoms with van der Waals surface area (Å²) in [6, 6.07) is 0. The predicted octanol–water partition coefficient (Wildman–Crippen LogP) is 3.18. The van der Waals surface area contributed by atoms with Gasteiger partial charge in [-0.05, 0) is 25.7 Å². The van der Waals surface area contributed by atoms with Crippen LogP contribution in [0.4, 0.5) is 0 Å². The van der Waals surface area contributed by atoms with E-state index in [1.807, 2.05) is 0 Å². The smallest absolute Gasteiger partial charge is 0.309 e. The van der Waals surface area contributed by atoms with Crippen molar-refractivity contribution >= 4 is 11.9 Å². The van der Waals surface area contributed by atoms with Crippen LogP contribution in [0.15, 0.2) is 0 Å². The van der Waals surface area contributed by atoms with Gasteiger partial charge in [0.1, 0.15) is 0 Å². The molecule has 0 rings (SSSR count). The fraction of sp³-hybridized carbons (Fsp3) is 0.867. The zero-order valence-corrected chi connectivity index (χ0v) is 12.9. The maximum Gasteiger partial charge on any atom is 0.309 e. The van der Waals surface area contributed by atoms with Crippen molar-refractivity contribution in [3.8, 4) is 0 Å². The molecule has 0 aliphatic carbocycles. The highest BCUT2D eigenvalue weighted by Gasteiger charge is 2.40. The Morgan fingerprint density at radius 1 is 1.15 bits per heavy atom. The van der Waals surface area contributed by atoms with Crippen LogP contribution in [0.3, 0.4) is 0 Å². The van der Waals surface area contributed by atoms with E-state index in [9.17, 15) is 19.8 Å². The Hall–Kier alpha value is -1.10. The van der Waals surface area contributed by atoms with Crippen LogP contribution < -0.4 is 0 Å². The number of methoxy groups -OCH3 is 1. The molecule has 0 aliphatic heterocycles. The largest absolute Gasteiger partial charge is 0.481 e. The fourth-order valence-electron chi connectivity index (χ4n) is 2.52. The Kier molecular flexibility index (Phi) is 9.21. The van der Waals surface area contributed by atoms with Crippen LogP contribution in [0.25, 0.3) is 0 Å². The van der Waals surface area contributed by atoms with Gasteiger partial charge in [-0.25, -0.2) is 0 Å². The summed E-state index contributed by atoms with van der Waals surface area (Å²) in [6.45, 7) is 4.19. The first kappa shape index (κ1) is 18.9. The molecule has 0 amide bonds. The summed E-state index contributed by atoms with van der Waals surface area (Å²) in [6.07, 6.45) is 4.30. The average molecular weight is 288 g/mol. The number of aliphatic carboxylic acids is 2. The number of rotatable bonds is 12. The number of carbonyl (C=O) groups is 2. The fourth-order valence-corrected chi connectivity index (χ4v) is 2.52. The van der Waals surface area contributed by atoms with Gasteiger partial charge in [-0.1, -0.05) is 33.1 Å². The third-order valence-electron chi connectivity index (χ3n) is 3.98. The van der Waals surface area contributed by atoms with Crippen molar-refractivity contribution in [2.24, 2.45) is 11.3 Å². The van der Waals surface area contributed by atoms with Crippen LogP contribution >= 0.6 is 0 Å². The van der Waals surface area contributed by atoms with Gasteiger partial charge in [-0.2, -0.15) is 0 Å². The van der Waals surface area contributed by atoms with Crippen LogP contribution in [-0.4, -0.2) is 35.9 Å². The van der Waals surface area contributed by atoms with Crippen LogP contribution in [0.5, 0.6) is 0 Å². The van der Waals surface area contributed by atoms with Crippen molar-refractivity contribution < 1.29 is 24.5 Å². The first-order valence-corrected chi connectivity index (χ1v) is 7.38. The van der Waals surface area contributed by atoms with Gasteiger partial charge in [0.05, 0.1) is 11.3 Å². The molecule has 0 fully saturated rings. The zero-order chi connectivity index (χ0) is 15.6. The molecule has 0 saturated carbocycles. The minimum atomic E-state index is -0.982. The second-order valence-electron chi connectivity index (χ2n) is 5.43. The quantitative estimate of drug-likeness (QED) is 0.539. The third-order valence-corrected chi connectivity index (χ3v) is 3.98. The Balaban J connectivity index is 5.04. The topological polar surface area (TPSA) is 83.8 Å². The van der Waals surface area contributed by atoms with Crippen molar-refractivity contribution in [1.82, 2.24) is 0 Å². The zero-order valence-electron chi connectivity index (χ0n) is 12.9. The normalized spacial score (nSPS) is 15.6. The molecule has 0 radical (unpaired) electrons. The number of hydrogen-bond acceptors (Lipinski definition) is 3. The molecule has 2 unspecified atom stereocenters. The Bertz CT molecular complexity index is 303. The number of ether oxygens (including phenoxy) is 1. The Morgan fingerprint density at radius 2 is 1.80 bits per heavy atom. The predicted molar refractivity (Wildman–Crippen MR) is 76.7 cm³/mol. The van der Waals surface area contributed by atoms with Gasteiger partial charge >= 0.3 is 11.9 Å². The van der Waals surface area contributed by atoms with E-state index in [1.165, 1.54) is 7.11 Å². The number of hydrogen-bond donors (Lipinski definition) is 2. The van der Waals surface area contributed by atoms with E-state index in [0.717, 1.165) is 19.3 Å². The minimum absolute atomic E-state index is 0.182. The maximum absolute atomic E-state index is 11.7. The van der Waals surface area contributed by atoms with E-state index >= 15 is 0 Å². The first-order chi connectivity index (χ1) is 9.43. The summed E-state index contributed by atoms with van der Waals surface area (Å²) in [4.78, 5) is 23.0. The molecule has 0 saturated heterocycles. The van der Waals surface area contributed by atoms with Crippen molar-refractivity contribution in [3.63, 3.8) is 0 Å². The van der Waals surface area contributed by atoms with E-state index in [0.29, 0.717) is 25.9 Å². The van der Waals surface area contributed by atoms with E-state index in [4.69, 9.17) is 4.74 Å². The van der Waals surface area contributed by atoms with Crippen LogP contribution in [0.1, 0.15) is 58.8 Å². The van der Waals surface area contributed by atoms with Gasteiger partial charge < -0.3 is 14.9 Å². The number of carboxylic acid groups (broad SMARTS) is 2. The van der Waals surface area contributed by atoms with Gasteiger partial charge in [0.25, 0.3) is 0 Å². The highest BCUT2D eigenvalue weighted by Crippen LogP contribution is 2.37. The molecule has 0 aromatic heterocycles. The van der Waals surface area contributed by atoms with Crippen LogP contribution in [0, 0.1) is 11.3 Å². The summed E-state index contributed by atoms with van der Waals surface area (Å²) in [5.74, 6) is -2.42. The van der Waals surface area contributed by atoms with Gasteiger partial charge in [0.2, 0.25) is 0 Å². The van der Waals surface area contributed by atoms with Gasteiger partial charge in [0, 0.05) is 13.7 Å². The van der Waals surface area contributed by atoms with Crippen molar-refractivity contribution in [2.45, 2.75) is 58.8 Å². The SMILES string of the molecule is CCCCCC(CCOC)(CC(CC)C(=O)O)C(=O)O. The highest BCUT2D eigenvalue weighted by molar-refractivity contribution is 5.77. The third kappa shape index (κ3) is 5.90. The summed E-state index contributed by atoms with van der Waals surface area (Å²) >= 11 is 0. The summed E-state index contributed by atoms with van der Waals surface area (Å²) in [5.41, 5.74) is -0.982. The number of carboxylic acids is 2. The van der Waals surface area contributed by atoms with E-state index in [1.54, 1.807) is 6.92 Å². The Morgan fingerprint density at radius 3 is 2.20 bits per heavy atom. The molecule has 0 bridgehead atoms. The first-order valence-electron chi connectivity index (χ1n) is 7.38. The molecule has 5 heteroatoms. The summed E-state index contributed by atoms with van der Waals surface area (Å²) < 4.78 is 5.02. The lowest BCUT2D eigenvalue weighted by molar-refractivity contribution is -0.154. The Labute approximate surface area is 121 Å². The molecule has 0 aromatic carbocycles. The molecule has 20 heavy (non-hydrogen) atoms. The average Bonchev–Trinajstić information content (AvgIpc) is 2.40. The van der Waals surface area contributed by atoms with Crippen molar-refractivity contribution in [3.05, 3.63) is 0 Å². The molecular formula is C15H28O5. The lowest BCUT2D eigenvalue weighted by Crippen LogP contribution is -2.36. The standard InChI is InChI=1S/C15H28O5/c1-4-6-7-8-15(14(18)19,9-10-20-3)11-12(5-2)13(16)17/h12H,4-11H2,1-3H3,(H,16,17)(H,18,19). The minimum Gasteiger partial charge on any atom is -0.481 e. The molecular weight excluding hydrogens is 260 g/mol. The highest BCUT2D eigenvalue weighted by atomic mass is 16.5. The molecule has 0 spiro atoms. The van der Waals surface area contributed by atoms with E-state index < -0.39 is 23.3 Å². The van der Waals surface area contributed by atoms with Gasteiger partial charge in [-0.3, -0.25) is 9.59 Å². The van der Waals surface area contributed by atoms with E-state index in [2.05, 4.69) is 6.92 Å².